The molecule has 0 atom stereocenters. The summed E-state index contributed by atoms with van der Waals surface area (Å²) in [6.45, 7) is 1.74. The second kappa shape index (κ2) is 5.31. The Morgan fingerprint density at radius 2 is 2.12 bits per heavy atom. The Morgan fingerprint density at radius 3 is 2.76 bits per heavy atom. The summed E-state index contributed by atoms with van der Waals surface area (Å²) in [5.74, 6) is 0. The Morgan fingerprint density at radius 1 is 1.35 bits per heavy atom. The first-order valence-corrected chi connectivity index (χ1v) is 5.76. The van der Waals surface area contributed by atoms with E-state index in [0.29, 0.717) is 15.8 Å². The summed E-state index contributed by atoms with van der Waals surface area (Å²) in [4.78, 5) is 14.5. The number of nitrogens with zero attached hydrogens (tertiary/aromatic N) is 3. The highest BCUT2D eigenvalue weighted by Crippen LogP contribution is 2.29. The van der Waals surface area contributed by atoms with Crippen LogP contribution in [0.25, 0.3) is 0 Å². The smallest absolute Gasteiger partial charge is 0.205 e. The van der Waals surface area contributed by atoms with Crippen LogP contribution in [0.2, 0.25) is 0 Å². The second-order valence-corrected chi connectivity index (χ2v) is 4.26. The van der Waals surface area contributed by atoms with Crippen molar-refractivity contribution >= 4 is 27.7 Å². The van der Waals surface area contributed by atoms with Crippen LogP contribution in [-0.4, -0.2) is 11.2 Å². The van der Waals surface area contributed by atoms with Crippen molar-refractivity contribution in [3.05, 3.63) is 46.5 Å². The standard InChI is InChI=1S/C11H10N4OS/c1-8-10(15-16)17-11(13-8)14-12-7-9-5-3-2-4-6-9/h2-7H,1H3,(H,13,14)/b12-7+. The molecule has 0 aliphatic carbocycles. The number of hydrogen-bond donors (Lipinski definition) is 1. The molecule has 17 heavy (non-hydrogen) atoms. The van der Waals surface area contributed by atoms with Gasteiger partial charge in [0.15, 0.2) is 5.00 Å². The highest BCUT2D eigenvalue weighted by atomic mass is 32.1. The van der Waals surface area contributed by atoms with Crippen LogP contribution in [0.1, 0.15) is 11.3 Å². The Balaban J connectivity index is 2.02. The van der Waals surface area contributed by atoms with Gasteiger partial charge >= 0.3 is 0 Å². The van der Waals surface area contributed by atoms with Crippen LogP contribution in [0.4, 0.5) is 10.1 Å². The van der Waals surface area contributed by atoms with Crippen molar-refractivity contribution in [2.45, 2.75) is 6.92 Å². The number of thiazole rings is 1. The van der Waals surface area contributed by atoms with Gasteiger partial charge in [0.1, 0.15) is 0 Å². The van der Waals surface area contributed by atoms with E-state index in [0.717, 1.165) is 5.56 Å². The van der Waals surface area contributed by atoms with Crippen molar-refractivity contribution in [1.82, 2.24) is 4.98 Å². The molecule has 0 aliphatic heterocycles. The third kappa shape index (κ3) is 2.94. The van der Waals surface area contributed by atoms with E-state index in [1.807, 2.05) is 30.3 Å². The van der Waals surface area contributed by atoms with E-state index in [9.17, 15) is 4.91 Å². The molecule has 6 heteroatoms. The number of hydrazone groups is 1. The molecule has 1 aromatic heterocycles. The van der Waals surface area contributed by atoms with Gasteiger partial charge in [-0.25, -0.2) is 4.98 Å². The molecule has 0 saturated carbocycles. The van der Waals surface area contributed by atoms with Crippen molar-refractivity contribution in [3.8, 4) is 0 Å². The largest absolute Gasteiger partial charge is 0.253 e. The average Bonchev–Trinajstić information content (AvgIpc) is 2.71. The zero-order valence-corrected chi connectivity index (χ0v) is 9.94. The molecule has 1 heterocycles. The van der Waals surface area contributed by atoms with Gasteiger partial charge in [-0.1, -0.05) is 41.7 Å². The first-order chi connectivity index (χ1) is 8.29. The SMILES string of the molecule is Cc1nc(N/N=C/c2ccccc2)sc1N=O. The van der Waals surface area contributed by atoms with Gasteiger partial charge in [-0.2, -0.15) is 5.10 Å². The van der Waals surface area contributed by atoms with Crippen molar-refractivity contribution < 1.29 is 0 Å². The lowest BCUT2D eigenvalue weighted by atomic mass is 10.2. The Labute approximate surface area is 102 Å². The summed E-state index contributed by atoms with van der Waals surface area (Å²) in [6.07, 6.45) is 1.69. The summed E-state index contributed by atoms with van der Waals surface area (Å²) in [7, 11) is 0. The van der Waals surface area contributed by atoms with Crippen molar-refractivity contribution in [2.24, 2.45) is 10.3 Å². The minimum absolute atomic E-state index is 0.377. The fourth-order valence-corrected chi connectivity index (χ4v) is 1.92. The maximum absolute atomic E-state index is 10.4. The summed E-state index contributed by atoms with van der Waals surface area (Å²) >= 11 is 1.18. The van der Waals surface area contributed by atoms with Gasteiger partial charge < -0.3 is 0 Å². The highest BCUT2D eigenvalue weighted by Gasteiger charge is 2.06. The van der Waals surface area contributed by atoms with Crippen LogP contribution in [0.15, 0.2) is 40.6 Å². The lowest BCUT2D eigenvalue weighted by Gasteiger charge is -1.92. The second-order valence-electron chi connectivity index (χ2n) is 3.28. The third-order valence-corrected chi connectivity index (χ3v) is 2.97. The van der Waals surface area contributed by atoms with Crippen LogP contribution in [-0.2, 0) is 0 Å². The molecule has 0 aliphatic rings. The van der Waals surface area contributed by atoms with Gasteiger partial charge in [0, 0.05) is 0 Å². The molecule has 2 rings (SSSR count). The number of aryl methyl sites for hydroxylation is 1. The first kappa shape index (κ1) is 11.4. The van der Waals surface area contributed by atoms with Gasteiger partial charge in [-0.15, -0.1) is 4.91 Å². The van der Waals surface area contributed by atoms with Crippen molar-refractivity contribution in [1.29, 1.82) is 0 Å². The van der Waals surface area contributed by atoms with Gasteiger partial charge in [-0.3, -0.25) is 5.43 Å². The molecule has 0 saturated heterocycles. The third-order valence-electron chi connectivity index (χ3n) is 2.03. The van der Waals surface area contributed by atoms with Crippen LogP contribution >= 0.6 is 11.3 Å². The molecule has 0 spiro atoms. The number of hydrogen-bond acceptors (Lipinski definition) is 6. The van der Waals surface area contributed by atoms with Crippen molar-refractivity contribution in [3.63, 3.8) is 0 Å². The summed E-state index contributed by atoms with van der Waals surface area (Å²) in [6, 6.07) is 9.69. The predicted molar refractivity (Wildman–Crippen MR) is 70.0 cm³/mol. The van der Waals surface area contributed by atoms with Gasteiger partial charge in [-0.05, 0) is 17.7 Å². The van der Waals surface area contributed by atoms with E-state index in [1.165, 1.54) is 11.3 Å². The fraction of sp³-hybridized carbons (Fsp3) is 0.0909. The molecule has 0 amide bonds. The lowest BCUT2D eigenvalue weighted by molar-refractivity contribution is 1.21. The van der Waals surface area contributed by atoms with Crippen LogP contribution < -0.4 is 5.43 Å². The Hall–Kier alpha value is -2.08. The summed E-state index contributed by atoms with van der Waals surface area (Å²) < 4.78 is 0. The van der Waals surface area contributed by atoms with Gasteiger partial charge in [0.2, 0.25) is 5.13 Å². The minimum atomic E-state index is 0.377. The quantitative estimate of drug-likeness (QED) is 0.511. The normalized spacial score (nSPS) is 10.6. The molecule has 1 aromatic carbocycles. The molecule has 2 aromatic rings. The average molecular weight is 246 g/mol. The van der Waals surface area contributed by atoms with Gasteiger partial charge in [0.05, 0.1) is 11.9 Å². The molecule has 86 valence electrons. The highest BCUT2D eigenvalue weighted by molar-refractivity contribution is 7.19. The maximum atomic E-state index is 10.4. The zero-order valence-electron chi connectivity index (χ0n) is 9.12. The molecule has 0 bridgehead atoms. The molecule has 5 nitrogen and oxygen atoms in total. The minimum Gasteiger partial charge on any atom is -0.253 e. The number of nitrogens with one attached hydrogen (secondary N) is 1. The van der Waals surface area contributed by atoms with E-state index >= 15 is 0 Å². The van der Waals surface area contributed by atoms with Crippen molar-refractivity contribution in [2.75, 3.05) is 5.43 Å². The van der Waals surface area contributed by atoms with Crippen LogP contribution in [0, 0.1) is 11.8 Å². The first-order valence-electron chi connectivity index (χ1n) is 4.94. The lowest BCUT2D eigenvalue weighted by Crippen LogP contribution is -1.89. The monoisotopic (exact) mass is 246 g/mol. The predicted octanol–water partition coefficient (Wildman–Crippen LogP) is 3.30. The molecule has 0 fully saturated rings. The van der Waals surface area contributed by atoms with E-state index in [1.54, 1.807) is 13.1 Å². The number of anilines is 1. The fourth-order valence-electron chi connectivity index (χ4n) is 1.22. The topological polar surface area (TPSA) is 66.7 Å². The van der Waals surface area contributed by atoms with Crippen LogP contribution in [0.5, 0.6) is 0 Å². The molecular formula is C11H10N4OS. The van der Waals surface area contributed by atoms with E-state index in [-0.39, 0.29) is 0 Å². The molecule has 0 radical (unpaired) electrons. The van der Waals surface area contributed by atoms with Crippen LogP contribution in [0.3, 0.4) is 0 Å². The number of rotatable bonds is 4. The molecular weight excluding hydrogens is 236 g/mol. The number of benzene rings is 1. The Kier molecular flexibility index (Phi) is 3.56. The Bertz CT molecular complexity index is 536. The maximum Gasteiger partial charge on any atom is 0.205 e. The molecule has 1 N–H and O–H groups in total. The summed E-state index contributed by atoms with van der Waals surface area (Å²) in [5, 5.41) is 7.84. The molecule has 0 unspecified atom stereocenters. The van der Waals surface area contributed by atoms with E-state index < -0.39 is 0 Å². The summed E-state index contributed by atoms with van der Waals surface area (Å²) in [5.41, 5.74) is 4.37. The van der Waals surface area contributed by atoms with Gasteiger partial charge in [0.25, 0.3) is 0 Å². The number of aromatic nitrogens is 1. The number of nitroso groups, excluding NO2 is 1. The zero-order chi connectivity index (χ0) is 12.1. The van der Waals surface area contributed by atoms with E-state index in [2.05, 4.69) is 20.7 Å². The van der Waals surface area contributed by atoms with E-state index in [4.69, 9.17) is 0 Å².